The summed E-state index contributed by atoms with van der Waals surface area (Å²) in [5.41, 5.74) is 11.7. The standard InChI is InChI=1S/C28H18BrN3/c29-28-21(18-31)10-7-13-22(28)19-8-6-9-20(17-30)27(16-19)32-25-14-3-1-2-11-23(25)24-12-4-5-15-26(24)32/h2-3,5-11,13-15H,1,4,12H2. The largest absolute Gasteiger partial charge is 0.302 e. The van der Waals surface area contributed by atoms with Crippen LogP contribution in [0.25, 0.3) is 29.5 Å². The Hall–Kier alpha value is -3.82. The van der Waals surface area contributed by atoms with E-state index < -0.39 is 0 Å². The van der Waals surface area contributed by atoms with Crippen LogP contribution in [0.4, 0.5) is 0 Å². The highest BCUT2D eigenvalue weighted by molar-refractivity contribution is 9.10. The second kappa shape index (κ2) is 8.37. The molecule has 1 aromatic carbocycles. The van der Waals surface area contributed by atoms with Crippen LogP contribution in [0.15, 0.2) is 70.4 Å². The lowest BCUT2D eigenvalue weighted by molar-refractivity contribution is 0.963. The van der Waals surface area contributed by atoms with Gasteiger partial charge in [-0.1, -0.05) is 48.2 Å². The first kappa shape index (κ1) is 20.1. The second-order valence-electron chi connectivity index (χ2n) is 7.70. The van der Waals surface area contributed by atoms with Crippen LogP contribution in [0, 0.1) is 22.7 Å². The highest BCUT2D eigenvalue weighted by Crippen LogP contribution is 2.37. The van der Waals surface area contributed by atoms with E-state index in [4.69, 9.17) is 0 Å². The molecule has 5 rings (SSSR count). The second-order valence-corrected chi connectivity index (χ2v) is 8.49. The zero-order valence-electron chi connectivity index (χ0n) is 17.3. The lowest BCUT2D eigenvalue weighted by Gasteiger charge is -2.14. The van der Waals surface area contributed by atoms with E-state index in [1.165, 1.54) is 11.1 Å². The first-order chi connectivity index (χ1) is 15.7. The molecule has 1 heterocycles. The van der Waals surface area contributed by atoms with Gasteiger partial charge in [-0.2, -0.15) is 10.5 Å². The van der Waals surface area contributed by atoms with Crippen LogP contribution in [0.3, 0.4) is 0 Å². The quantitative estimate of drug-likeness (QED) is 0.436. The number of rotatable bonds is 2. The third kappa shape index (κ3) is 3.28. The minimum atomic E-state index is 0.546. The Kier molecular flexibility index (Phi) is 5.26. The molecule has 152 valence electrons. The molecular formula is C28H18BrN3. The number of halogens is 1. The van der Waals surface area contributed by atoms with Crippen LogP contribution in [0.2, 0.25) is 0 Å². The van der Waals surface area contributed by atoms with Crippen molar-refractivity contribution in [3.63, 3.8) is 0 Å². The van der Waals surface area contributed by atoms with E-state index in [9.17, 15) is 10.5 Å². The number of allylic oxidation sites excluding steroid dienone is 8. The Balaban J connectivity index is 1.87. The summed E-state index contributed by atoms with van der Waals surface area (Å²) in [4.78, 5) is 0. The van der Waals surface area contributed by atoms with Gasteiger partial charge in [0.15, 0.2) is 0 Å². The molecule has 4 heteroatoms. The molecule has 3 nitrogen and oxygen atoms in total. The summed E-state index contributed by atoms with van der Waals surface area (Å²) >= 11 is 3.59. The predicted molar refractivity (Wildman–Crippen MR) is 133 cm³/mol. The minimum Gasteiger partial charge on any atom is -0.302 e. The minimum absolute atomic E-state index is 0.546. The smallest absolute Gasteiger partial charge is 0.108 e. The van der Waals surface area contributed by atoms with Gasteiger partial charge in [0.1, 0.15) is 17.8 Å². The molecule has 3 aliphatic rings. The summed E-state index contributed by atoms with van der Waals surface area (Å²) in [6, 6.07) is 10.2. The molecule has 2 aromatic rings. The molecule has 0 radical (unpaired) electrons. The average Bonchev–Trinajstić information content (AvgIpc) is 3.01. The number of hydrogen-bond acceptors (Lipinski definition) is 2. The average molecular weight is 476 g/mol. The molecule has 0 saturated carbocycles. The summed E-state index contributed by atoms with van der Waals surface area (Å²) in [6.45, 7) is 0. The van der Waals surface area contributed by atoms with E-state index in [1.807, 2.05) is 30.4 Å². The summed E-state index contributed by atoms with van der Waals surface area (Å²) in [6.07, 6.45) is 21.5. The molecule has 0 bridgehead atoms. The third-order valence-corrected chi connectivity index (χ3v) is 6.70. The van der Waals surface area contributed by atoms with Crippen LogP contribution in [0.5, 0.6) is 0 Å². The van der Waals surface area contributed by atoms with Crippen molar-refractivity contribution in [1.29, 1.82) is 10.5 Å². The first-order valence-corrected chi connectivity index (χ1v) is 11.3. The van der Waals surface area contributed by atoms with Gasteiger partial charge in [-0.05, 0) is 71.1 Å². The monoisotopic (exact) mass is 475 g/mol. The van der Waals surface area contributed by atoms with Gasteiger partial charge < -0.3 is 4.57 Å². The maximum absolute atomic E-state index is 10.0. The molecule has 32 heavy (non-hydrogen) atoms. The molecule has 0 unspecified atom stereocenters. The molecule has 1 aromatic heterocycles. The van der Waals surface area contributed by atoms with Crippen molar-refractivity contribution in [1.82, 2.24) is 4.57 Å². The van der Waals surface area contributed by atoms with Crippen molar-refractivity contribution in [2.24, 2.45) is 0 Å². The fourth-order valence-corrected chi connectivity index (χ4v) is 4.95. The summed E-state index contributed by atoms with van der Waals surface area (Å²) < 4.78 is 2.89. The molecule has 0 atom stereocenters. The van der Waals surface area contributed by atoms with Gasteiger partial charge in [0.25, 0.3) is 0 Å². The topological polar surface area (TPSA) is 52.5 Å². The maximum Gasteiger partial charge on any atom is 0.108 e. The Bertz CT molecular complexity index is 1450. The van der Waals surface area contributed by atoms with Gasteiger partial charge >= 0.3 is 0 Å². The van der Waals surface area contributed by atoms with E-state index >= 15 is 0 Å². The lowest BCUT2D eigenvalue weighted by atomic mass is 9.99. The van der Waals surface area contributed by atoms with Crippen LogP contribution >= 0.6 is 15.9 Å². The molecule has 0 saturated heterocycles. The fraction of sp³-hybridized carbons (Fsp3) is 0.107. The summed E-state index contributed by atoms with van der Waals surface area (Å²) in [5.74, 6) is 0. The number of hydrogen-bond donors (Lipinski definition) is 0. The van der Waals surface area contributed by atoms with E-state index in [2.05, 4.69) is 74.8 Å². The van der Waals surface area contributed by atoms with Gasteiger partial charge in [0, 0.05) is 21.2 Å². The number of aromatic nitrogens is 1. The van der Waals surface area contributed by atoms with E-state index in [0.717, 1.165) is 46.3 Å². The van der Waals surface area contributed by atoms with Crippen molar-refractivity contribution >= 4 is 45.4 Å². The number of nitriles is 2. The van der Waals surface area contributed by atoms with Gasteiger partial charge in [0.2, 0.25) is 0 Å². The van der Waals surface area contributed by atoms with Crippen molar-refractivity contribution in [2.75, 3.05) is 0 Å². The number of nitrogens with zero attached hydrogens (tertiary/aromatic N) is 3. The van der Waals surface area contributed by atoms with Gasteiger partial charge in [-0.15, -0.1) is 0 Å². The zero-order chi connectivity index (χ0) is 22.1. The van der Waals surface area contributed by atoms with Gasteiger partial charge in [-0.3, -0.25) is 0 Å². The molecule has 0 aliphatic heterocycles. The highest BCUT2D eigenvalue weighted by atomic mass is 79.9. The Morgan fingerprint density at radius 3 is 2.66 bits per heavy atom. The summed E-state index contributed by atoms with van der Waals surface area (Å²) in [7, 11) is 0. The van der Waals surface area contributed by atoms with Crippen LogP contribution in [-0.2, 0) is 6.42 Å². The molecule has 3 aliphatic carbocycles. The fourth-order valence-electron chi connectivity index (χ4n) is 4.38. The van der Waals surface area contributed by atoms with Crippen LogP contribution < -0.4 is 0 Å². The van der Waals surface area contributed by atoms with Crippen molar-refractivity contribution in [3.05, 3.63) is 104 Å². The molecule has 0 fully saturated rings. The lowest BCUT2D eigenvalue weighted by Crippen LogP contribution is -2.05. The maximum atomic E-state index is 10.0. The highest BCUT2D eigenvalue weighted by Gasteiger charge is 2.24. The van der Waals surface area contributed by atoms with Crippen LogP contribution in [0.1, 0.15) is 46.5 Å². The van der Waals surface area contributed by atoms with Gasteiger partial charge in [0.05, 0.1) is 22.5 Å². The normalized spacial score (nSPS) is 16.0. The summed E-state index contributed by atoms with van der Waals surface area (Å²) in [5, 5.41) is 19.5. The van der Waals surface area contributed by atoms with E-state index in [1.54, 1.807) is 6.07 Å². The van der Waals surface area contributed by atoms with Gasteiger partial charge in [-0.25, -0.2) is 0 Å². The van der Waals surface area contributed by atoms with Crippen molar-refractivity contribution < 1.29 is 0 Å². The number of fused-ring (bicyclic) bond motifs is 3. The Labute approximate surface area is 195 Å². The van der Waals surface area contributed by atoms with Crippen LogP contribution in [-0.4, -0.2) is 4.57 Å². The van der Waals surface area contributed by atoms with Crippen molar-refractivity contribution in [2.45, 2.75) is 19.3 Å². The van der Waals surface area contributed by atoms with E-state index in [-0.39, 0.29) is 0 Å². The predicted octanol–water partition coefficient (Wildman–Crippen LogP) is 7.05. The molecule has 0 amide bonds. The van der Waals surface area contributed by atoms with E-state index in [0.29, 0.717) is 16.8 Å². The molecular weight excluding hydrogens is 458 g/mol. The zero-order valence-corrected chi connectivity index (χ0v) is 18.9. The van der Waals surface area contributed by atoms with Crippen molar-refractivity contribution in [3.8, 4) is 12.1 Å². The Morgan fingerprint density at radius 1 is 0.969 bits per heavy atom. The SMILES string of the molecule is N#CC1=CC=CC(c2cccc(C#N)c2Br)=C=C1n1c2c(c3c1C=CCC3)C=CCC=C2. The first-order valence-electron chi connectivity index (χ1n) is 10.5. The molecule has 0 N–H and O–H groups in total. The Morgan fingerprint density at radius 2 is 1.81 bits per heavy atom. The third-order valence-electron chi connectivity index (χ3n) is 5.85. The number of benzene rings is 1. The molecule has 0 spiro atoms.